The van der Waals surface area contributed by atoms with Crippen molar-refractivity contribution in [3.05, 3.63) is 63.1 Å². The van der Waals surface area contributed by atoms with Gasteiger partial charge in [-0.15, -0.1) is 0 Å². The summed E-state index contributed by atoms with van der Waals surface area (Å²) in [5.41, 5.74) is 1.71. The van der Waals surface area contributed by atoms with Crippen molar-refractivity contribution in [1.82, 2.24) is 0 Å². The van der Waals surface area contributed by atoms with Crippen LogP contribution in [0.1, 0.15) is 53.2 Å². The molecule has 5 heteroatoms. The first kappa shape index (κ1) is 18.8. The lowest BCUT2D eigenvalue weighted by Gasteiger charge is -2.22. The predicted octanol–water partition coefficient (Wildman–Crippen LogP) is 4.32. The van der Waals surface area contributed by atoms with Crippen LogP contribution in [0.15, 0.2) is 40.9 Å². The normalized spacial score (nSPS) is 19.2. The highest BCUT2D eigenvalue weighted by Crippen LogP contribution is 2.43. The third kappa shape index (κ3) is 2.99. The second-order valence-corrected chi connectivity index (χ2v) is 8.13. The van der Waals surface area contributed by atoms with Gasteiger partial charge in [0, 0.05) is 22.6 Å². The summed E-state index contributed by atoms with van der Waals surface area (Å²) in [6.45, 7) is 6.00. The first-order valence-electron chi connectivity index (χ1n) is 8.59. The van der Waals surface area contributed by atoms with Crippen LogP contribution in [0.3, 0.4) is 0 Å². The molecule has 0 saturated carbocycles. The molecule has 1 amide bonds. The lowest BCUT2D eigenvalue weighted by molar-refractivity contribution is -0.135. The molecule has 0 fully saturated rings. The fourth-order valence-corrected chi connectivity index (χ4v) is 3.79. The molecular weight excluding hydrogens is 394 g/mol. The van der Waals surface area contributed by atoms with Crippen molar-refractivity contribution in [2.45, 2.75) is 38.7 Å². The van der Waals surface area contributed by atoms with Gasteiger partial charge in [0.2, 0.25) is 0 Å². The van der Waals surface area contributed by atoms with E-state index in [4.69, 9.17) is 0 Å². The first-order valence-corrected chi connectivity index (χ1v) is 9.38. The minimum atomic E-state index is -1.84. The maximum absolute atomic E-state index is 13.0. The van der Waals surface area contributed by atoms with Crippen LogP contribution in [0.25, 0.3) is 0 Å². The third-order valence-corrected chi connectivity index (χ3v) is 5.56. The molecule has 4 nitrogen and oxygen atoms in total. The Morgan fingerprint density at radius 1 is 1.23 bits per heavy atom. The van der Waals surface area contributed by atoms with Crippen LogP contribution in [-0.2, 0) is 10.4 Å². The zero-order valence-electron chi connectivity index (χ0n) is 15.3. The SMILES string of the molecule is Cc1ccc(C(C)C)cc1C(=O)C[C@]1(O)C(=O)N(C)c2ccc(Br)cc21. The molecule has 1 N–H and O–H groups in total. The number of fused-ring (bicyclic) bond motifs is 1. The van der Waals surface area contributed by atoms with E-state index in [1.165, 1.54) is 4.90 Å². The van der Waals surface area contributed by atoms with Crippen molar-refractivity contribution < 1.29 is 14.7 Å². The number of amides is 1. The Balaban J connectivity index is 2.01. The van der Waals surface area contributed by atoms with Crippen LogP contribution in [0.4, 0.5) is 5.69 Å². The number of anilines is 1. The van der Waals surface area contributed by atoms with Crippen molar-refractivity contribution in [3.8, 4) is 0 Å². The Kier molecular flexibility index (Phi) is 4.80. The molecule has 0 aromatic heterocycles. The smallest absolute Gasteiger partial charge is 0.263 e. The lowest BCUT2D eigenvalue weighted by Crippen LogP contribution is -2.40. The summed E-state index contributed by atoms with van der Waals surface area (Å²) in [6.07, 6.45) is -0.276. The maximum atomic E-state index is 13.0. The molecule has 1 aliphatic rings. The van der Waals surface area contributed by atoms with Gasteiger partial charge < -0.3 is 10.0 Å². The highest BCUT2D eigenvalue weighted by Gasteiger charge is 2.49. The van der Waals surface area contributed by atoms with Gasteiger partial charge in [0.05, 0.1) is 12.1 Å². The maximum Gasteiger partial charge on any atom is 0.263 e. The molecule has 136 valence electrons. The topological polar surface area (TPSA) is 57.6 Å². The molecule has 0 aliphatic carbocycles. The van der Waals surface area contributed by atoms with Crippen LogP contribution in [0.2, 0.25) is 0 Å². The number of hydrogen-bond acceptors (Lipinski definition) is 3. The van der Waals surface area contributed by atoms with E-state index >= 15 is 0 Å². The van der Waals surface area contributed by atoms with Gasteiger partial charge in [0.15, 0.2) is 11.4 Å². The van der Waals surface area contributed by atoms with Gasteiger partial charge >= 0.3 is 0 Å². The number of Topliss-reactive ketones (excluding diaryl/α,β-unsaturated/α-hetero) is 1. The minimum absolute atomic E-state index is 0.234. The molecule has 3 rings (SSSR count). The van der Waals surface area contributed by atoms with E-state index in [9.17, 15) is 14.7 Å². The van der Waals surface area contributed by atoms with Crippen LogP contribution < -0.4 is 4.90 Å². The molecule has 0 unspecified atom stereocenters. The van der Waals surface area contributed by atoms with E-state index in [1.807, 2.05) is 31.2 Å². The van der Waals surface area contributed by atoms with Crippen molar-refractivity contribution in [2.75, 3.05) is 11.9 Å². The molecule has 26 heavy (non-hydrogen) atoms. The fraction of sp³-hybridized carbons (Fsp3) is 0.333. The van der Waals surface area contributed by atoms with Gasteiger partial charge in [0.1, 0.15) is 0 Å². The van der Waals surface area contributed by atoms with E-state index in [0.717, 1.165) is 15.6 Å². The van der Waals surface area contributed by atoms with Gasteiger partial charge in [-0.25, -0.2) is 0 Å². The number of aryl methyl sites for hydroxylation is 1. The number of ketones is 1. The van der Waals surface area contributed by atoms with E-state index in [0.29, 0.717) is 22.7 Å². The second-order valence-electron chi connectivity index (χ2n) is 7.21. The van der Waals surface area contributed by atoms with Crippen LogP contribution >= 0.6 is 15.9 Å². The van der Waals surface area contributed by atoms with E-state index in [1.54, 1.807) is 19.2 Å². The van der Waals surface area contributed by atoms with Gasteiger partial charge in [-0.05, 0) is 48.2 Å². The Labute approximate surface area is 162 Å². The Morgan fingerprint density at radius 3 is 2.58 bits per heavy atom. The van der Waals surface area contributed by atoms with Crippen LogP contribution in [-0.4, -0.2) is 23.8 Å². The lowest BCUT2D eigenvalue weighted by atomic mass is 9.86. The molecule has 1 heterocycles. The van der Waals surface area contributed by atoms with Crippen molar-refractivity contribution >= 4 is 33.3 Å². The minimum Gasteiger partial charge on any atom is -0.375 e. The monoisotopic (exact) mass is 415 g/mol. The third-order valence-electron chi connectivity index (χ3n) is 5.07. The van der Waals surface area contributed by atoms with Crippen LogP contribution in [0.5, 0.6) is 0 Å². The Bertz CT molecular complexity index is 906. The summed E-state index contributed by atoms with van der Waals surface area (Å²) in [6, 6.07) is 11.1. The largest absolute Gasteiger partial charge is 0.375 e. The van der Waals surface area contributed by atoms with Gasteiger partial charge in [-0.2, -0.15) is 0 Å². The number of hydrogen-bond donors (Lipinski definition) is 1. The number of aliphatic hydroxyl groups is 1. The Hall–Kier alpha value is -1.98. The zero-order chi connectivity index (χ0) is 19.2. The zero-order valence-corrected chi connectivity index (χ0v) is 16.9. The van der Waals surface area contributed by atoms with Gasteiger partial charge in [0.25, 0.3) is 5.91 Å². The number of nitrogens with zero attached hydrogens (tertiary/aromatic N) is 1. The molecule has 1 atom stereocenters. The molecule has 0 bridgehead atoms. The molecule has 0 radical (unpaired) electrons. The fourth-order valence-electron chi connectivity index (χ4n) is 3.43. The van der Waals surface area contributed by atoms with E-state index in [-0.39, 0.29) is 12.2 Å². The van der Waals surface area contributed by atoms with Crippen LogP contribution in [0, 0.1) is 6.92 Å². The second kappa shape index (κ2) is 6.63. The van der Waals surface area contributed by atoms with E-state index in [2.05, 4.69) is 29.8 Å². The number of carbonyl (C=O) groups excluding carboxylic acids is 2. The van der Waals surface area contributed by atoms with Crippen molar-refractivity contribution in [2.24, 2.45) is 0 Å². The summed E-state index contributed by atoms with van der Waals surface area (Å²) >= 11 is 3.38. The summed E-state index contributed by atoms with van der Waals surface area (Å²) < 4.78 is 0.753. The first-order chi connectivity index (χ1) is 12.1. The standard InChI is InChI=1S/C21H22BrNO3/c1-12(2)14-6-5-13(3)16(9-14)19(24)11-21(26)17-10-15(22)7-8-18(17)23(4)20(21)25/h5-10,12,26H,11H2,1-4H3/t21-/m1/s1. The summed E-state index contributed by atoms with van der Waals surface area (Å²) in [5.74, 6) is -0.417. The van der Waals surface area contributed by atoms with Crippen molar-refractivity contribution in [3.63, 3.8) is 0 Å². The van der Waals surface area contributed by atoms with Gasteiger partial charge in [-0.1, -0.05) is 41.9 Å². The number of carbonyl (C=O) groups is 2. The molecular formula is C21H22BrNO3. The molecule has 0 saturated heterocycles. The summed E-state index contributed by atoms with van der Waals surface area (Å²) in [5, 5.41) is 11.2. The molecule has 1 aliphatic heterocycles. The quantitative estimate of drug-likeness (QED) is 0.756. The number of likely N-dealkylation sites (N-methyl/N-ethyl adjacent to an activating group) is 1. The predicted molar refractivity (Wildman–Crippen MR) is 106 cm³/mol. The average molecular weight is 416 g/mol. The molecule has 0 spiro atoms. The average Bonchev–Trinajstić information content (AvgIpc) is 2.76. The number of benzene rings is 2. The summed E-state index contributed by atoms with van der Waals surface area (Å²) in [4.78, 5) is 27.1. The molecule has 2 aromatic carbocycles. The number of halogens is 1. The Morgan fingerprint density at radius 2 is 1.92 bits per heavy atom. The van der Waals surface area contributed by atoms with E-state index < -0.39 is 11.5 Å². The summed E-state index contributed by atoms with van der Waals surface area (Å²) in [7, 11) is 1.61. The number of rotatable bonds is 4. The highest BCUT2D eigenvalue weighted by molar-refractivity contribution is 9.10. The highest BCUT2D eigenvalue weighted by atomic mass is 79.9. The van der Waals surface area contributed by atoms with Crippen molar-refractivity contribution in [1.29, 1.82) is 0 Å². The van der Waals surface area contributed by atoms with Gasteiger partial charge in [-0.3, -0.25) is 9.59 Å². The molecule has 2 aromatic rings.